The summed E-state index contributed by atoms with van der Waals surface area (Å²) in [4.78, 5) is 25.0. The average Bonchev–Trinajstić information content (AvgIpc) is 3.03. The van der Waals surface area contributed by atoms with E-state index in [2.05, 4.69) is 0 Å². The first kappa shape index (κ1) is 15.8. The first-order chi connectivity index (χ1) is 10.6. The van der Waals surface area contributed by atoms with Crippen LogP contribution in [0, 0.1) is 0 Å². The molecule has 5 heteroatoms. The monoisotopic (exact) mass is 301 g/mol. The molecule has 1 N–H and O–H groups in total. The Morgan fingerprint density at radius 1 is 1.18 bits per heavy atom. The molecule has 22 heavy (non-hydrogen) atoms. The zero-order valence-electron chi connectivity index (χ0n) is 12.4. The number of rotatable bonds is 7. The predicted molar refractivity (Wildman–Crippen MR) is 81.4 cm³/mol. The van der Waals surface area contributed by atoms with E-state index in [1.54, 1.807) is 25.6 Å². The highest BCUT2D eigenvalue weighted by Gasteiger charge is 2.26. The summed E-state index contributed by atoms with van der Waals surface area (Å²) in [6, 6.07) is 10.2. The van der Waals surface area contributed by atoms with Crippen molar-refractivity contribution in [1.82, 2.24) is 4.90 Å². The number of amides is 1. The molecule has 1 aromatic heterocycles. The number of carbonyl (C=O) groups excluding carboxylic acids is 1. The summed E-state index contributed by atoms with van der Waals surface area (Å²) in [6.07, 6.45) is 4.24. The van der Waals surface area contributed by atoms with Crippen molar-refractivity contribution in [3.8, 4) is 0 Å². The van der Waals surface area contributed by atoms with Crippen molar-refractivity contribution in [1.29, 1.82) is 0 Å². The van der Waals surface area contributed by atoms with E-state index in [0.29, 0.717) is 12.8 Å². The van der Waals surface area contributed by atoms with Crippen LogP contribution in [0.2, 0.25) is 0 Å². The molecular weight excluding hydrogens is 282 g/mol. The lowest BCUT2D eigenvalue weighted by Gasteiger charge is -2.25. The number of aryl methyl sites for hydroxylation is 1. The fourth-order valence-electron chi connectivity index (χ4n) is 2.26. The zero-order valence-corrected chi connectivity index (χ0v) is 12.4. The molecule has 0 saturated carbocycles. The SMILES string of the molecule is CN(C(=O)CCc1ccoc1)C(Cc1ccccc1)C(=O)O. The number of carboxylic acid groups (broad SMARTS) is 1. The van der Waals surface area contributed by atoms with Crippen LogP contribution in [0.15, 0.2) is 53.3 Å². The van der Waals surface area contributed by atoms with E-state index < -0.39 is 12.0 Å². The van der Waals surface area contributed by atoms with Gasteiger partial charge in [-0.3, -0.25) is 4.79 Å². The number of carboxylic acids is 1. The van der Waals surface area contributed by atoms with Crippen LogP contribution in [-0.2, 0) is 22.4 Å². The van der Waals surface area contributed by atoms with Crippen molar-refractivity contribution >= 4 is 11.9 Å². The van der Waals surface area contributed by atoms with E-state index in [1.165, 1.54) is 4.90 Å². The number of aliphatic carboxylic acids is 1. The average molecular weight is 301 g/mol. The third-order valence-electron chi connectivity index (χ3n) is 3.63. The molecule has 0 aliphatic carbocycles. The van der Waals surface area contributed by atoms with E-state index in [0.717, 1.165) is 11.1 Å². The summed E-state index contributed by atoms with van der Waals surface area (Å²) in [5.41, 5.74) is 1.82. The Morgan fingerprint density at radius 3 is 2.50 bits per heavy atom. The third kappa shape index (κ3) is 4.22. The Kier molecular flexibility index (Phi) is 5.36. The van der Waals surface area contributed by atoms with Crippen molar-refractivity contribution < 1.29 is 19.1 Å². The molecule has 116 valence electrons. The summed E-state index contributed by atoms with van der Waals surface area (Å²) in [5, 5.41) is 9.40. The maximum Gasteiger partial charge on any atom is 0.326 e. The molecule has 1 heterocycles. The largest absolute Gasteiger partial charge is 0.480 e. The number of benzene rings is 1. The number of nitrogens with zero attached hydrogens (tertiary/aromatic N) is 1. The first-order valence-electron chi connectivity index (χ1n) is 7.11. The molecular formula is C17H19NO4. The van der Waals surface area contributed by atoms with Gasteiger partial charge in [0.05, 0.1) is 12.5 Å². The lowest BCUT2D eigenvalue weighted by atomic mass is 10.0. The fourth-order valence-corrected chi connectivity index (χ4v) is 2.26. The fraction of sp³-hybridized carbons (Fsp3) is 0.294. The van der Waals surface area contributed by atoms with Crippen LogP contribution in [-0.4, -0.2) is 35.0 Å². The smallest absolute Gasteiger partial charge is 0.326 e. The molecule has 0 fully saturated rings. The first-order valence-corrected chi connectivity index (χ1v) is 7.11. The summed E-state index contributed by atoms with van der Waals surface area (Å²) < 4.78 is 4.95. The minimum Gasteiger partial charge on any atom is -0.480 e. The van der Waals surface area contributed by atoms with Gasteiger partial charge in [-0.25, -0.2) is 4.79 Å². The van der Waals surface area contributed by atoms with Crippen molar-refractivity contribution in [3.05, 3.63) is 60.1 Å². The van der Waals surface area contributed by atoms with Crippen LogP contribution in [0.3, 0.4) is 0 Å². The molecule has 1 aromatic carbocycles. The van der Waals surface area contributed by atoms with E-state index in [9.17, 15) is 14.7 Å². The molecule has 0 spiro atoms. The molecule has 0 bridgehead atoms. The molecule has 2 rings (SSSR count). The van der Waals surface area contributed by atoms with Crippen molar-refractivity contribution in [2.24, 2.45) is 0 Å². The zero-order chi connectivity index (χ0) is 15.9. The highest BCUT2D eigenvalue weighted by atomic mass is 16.4. The predicted octanol–water partition coefficient (Wildman–Crippen LogP) is 2.37. The van der Waals surface area contributed by atoms with Gasteiger partial charge in [0, 0.05) is 19.9 Å². The summed E-state index contributed by atoms with van der Waals surface area (Å²) in [7, 11) is 1.54. The standard InChI is InChI=1S/C17H19NO4/c1-18(16(19)8-7-14-9-10-22-12-14)15(17(20)21)11-13-5-3-2-4-6-13/h2-6,9-10,12,15H,7-8,11H2,1H3,(H,20,21). The van der Waals surface area contributed by atoms with E-state index in [-0.39, 0.29) is 12.3 Å². The molecule has 0 aliphatic heterocycles. The van der Waals surface area contributed by atoms with E-state index in [1.807, 2.05) is 30.3 Å². The molecule has 2 aromatic rings. The lowest BCUT2D eigenvalue weighted by molar-refractivity contribution is -0.149. The second kappa shape index (κ2) is 7.45. The lowest BCUT2D eigenvalue weighted by Crippen LogP contribution is -2.43. The minimum atomic E-state index is -0.997. The van der Waals surface area contributed by atoms with E-state index in [4.69, 9.17) is 4.42 Å². The van der Waals surface area contributed by atoms with Crippen LogP contribution in [0.5, 0.6) is 0 Å². The van der Waals surface area contributed by atoms with Crippen LogP contribution in [0.1, 0.15) is 17.5 Å². The molecule has 0 saturated heterocycles. The van der Waals surface area contributed by atoms with Crippen LogP contribution >= 0.6 is 0 Å². The highest BCUT2D eigenvalue weighted by molar-refractivity contribution is 5.83. The second-order valence-corrected chi connectivity index (χ2v) is 5.18. The summed E-state index contributed by atoms with van der Waals surface area (Å²) in [6.45, 7) is 0. The van der Waals surface area contributed by atoms with Gasteiger partial charge in [0.25, 0.3) is 0 Å². The molecule has 0 radical (unpaired) electrons. The van der Waals surface area contributed by atoms with Gasteiger partial charge in [0.1, 0.15) is 6.04 Å². The number of furan rings is 1. The maximum absolute atomic E-state index is 12.2. The van der Waals surface area contributed by atoms with Gasteiger partial charge in [0.15, 0.2) is 0 Å². The quantitative estimate of drug-likeness (QED) is 0.852. The summed E-state index contributed by atoms with van der Waals surface area (Å²) >= 11 is 0. The highest BCUT2D eigenvalue weighted by Crippen LogP contribution is 2.11. The van der Waals surface area contributed by atoms with Crippen LogP contribution in [0.4, 0.5) is 0 Å². The normalized spacial score (nSPS) is 11.9. The van der Waals surface area contributed by atoms with Crippen molar-refractivity contribution in [3.63, 3.8) is 0 Å². The van der Waals surface area contributed by atoms with Gasteiger partial charge in [-0.1, -0.05) is 30.3 Å². The van der Waals surface area contributed by atoms with Crippen LogP contribution < -0.4 is 0 Å². The number of likely N-dealkylation sites (N-methyl/N-ethyl adjacent to an activating group) is 1. The van der Waals surface area contributed by atoms with Gasteiger partial charge in [-0.2, -0.15) is 0 Å². The maximum atomic E-state index is 12.2. The molecule has 1 amide bonds. The van der Waals surface area contributed by atoms with Gasteiger partial charge in [-0.05, 0) is 23.6 Å². The summed E-state index contributed by atoms with van der Waals surface area (Å²) in [5.74, 6) is -1.19. The number of hydrogen-bond donors (Lipinski definition) is 1. The Bertz CT molecular complexity index is 607. The number of hydrogen-bond acceptors (Lipinski definition) is 3. The van der Waals surface area contributed by atoms with Gasteiger partial charge in [0.2, 0.25) is 5.91 Å². The second-order valence-electron chi connectivity index (χ2n) is 5.18. The molecule has 1 atom stereocenters. The van der Waals surface area contributed by atoms with Crippen molar-refractivity contribution in [2.45, 2.75) is 25.3 Å². The van der Waals surface area contributed by atoms with Crippen molar-refractivity contribution in [2.75, 3.05) is 7.05 Å². The Hall–Kier alpha value is -2.56. The molecule has 1 unspecified atom stereocenters. The Morgan fingerprint density at radius 2 is 1.91 bits per heavy atom. The third-order valence-corrected chi connectivity index (χ3v) is 3.63. The van der Waals surface area contributed by atoms with Gasteiger partial charge >= 0.3 is 5.97 Å². The van der Waals surface area contributed by atoms with Gasteiger partial charge in [-0.15, -0.1) is 0 Å². The number of carbonyl (C=O) groups is 2. The Labute approximate surface area is 129 Å². The van der Waals surface area contributed by atoms with Gasteiger partial charge < -0.3 is 14.4 Å². The Balaban J connectivity index is 1.97. The topological polar surface area (TPSA) is 70.8 Å². The minimum absolute atomic E-state index is 0.190. The van der Waals surface area contributed by atoms with Crippen LogP contribution in [0.25, 0.3) is 0 Å². The molecule has 5 nitrogen and oxygen atoms in total. The molecule has 0 aliphatic rings. The van der Waals surface area contributed by atoms with E-state index >= 15 is 0 Å².